The summed E-state index contributed by atoms with van der Waals surface area (Å²) in [5.74, 6) is -1.35. The van der Waals surface area contributed by atoms with Crippen LogP contribution in [0.3, 0.4) is 0 Å². The standard InChI is InChI=1S/C22H24FN3O3/c1-4-29-22(28)19(14(2)3)24-21(27)20-17-7-5-6-8-18(17)26(25-20)13-15-9-11-16(23)12-10-15/h5-12,14,19H,4,13H2,1-3H3,(H,24,27). The van der Waals surface area contributed by atoms with Crippen LogP contribution < -0.4 is 5.32 Å². The zero-order chi connectivity index (χ0) is 21.0. The van der Waals surface area contributed by atoms with E-state index in [4.69, 9.17) is 4.74 Å². The lowest BCUT2D eigenvalue weighted by Gasteiger charge is -2.20. The molecule has 0 saturated carbocycles. The smallest absolute Gasteiger partial charge is 0.328 e. The Balaban J connectivity index is 1.91. The molecule has 152 valence electrons. The van der Waals surface area contributed by atoms with Crippen molar-refractivity contribution < 1.29 is 18.7 Å². The van der Waals surface area contributed by atoms with Gasteiger partial charge in [-0.25, -0.2) is 9.18 Å². The van der Waals surface area contributed by atoms with Gasteiger partial charge >= 0.3 is 5.97 Å². The summed E-state index contributed by atoms with van der Waals surface area (Å²) in [4.78, 5) is 25.1. The number of ether oxygens (including phenoxy) is 1. The van der Waals surface area contributed by atoms with E-state index in [1.54, 1.807) is 23.7 Å². The van der Waals surface area contributed by atoms with Crippen LogP contribution in [0.15, 0.2) is 48.5 Å². The molecule has 1 amide bonds. The van der Waals surface area contributed by atoms with E-state index >= 15 is 0 Å². The number of para-hydroxylation sites is 1. The fraction of sp³-hybridized carbons (Fsp3) is 0.318. The number of esters is 1. The van der Waals surface area contributed by atoms with Crippen molar-refractivity contribution in [1.29, 1.82) is 0 Å². The van der Waals surface area contributed by atoms with E-state index in [-0.39, 0.29) is 24.0 Å². The molecular weight excluding hydrogens is 373 g/mol. The monoisotopic (exact) mass is 397 g/mol. The number of amides is 1. The molecule has 0 aliphatic heterocycles. The molecule has 1 unspecified atom stereocenters. The number of fused-ring (bicyclic) bond motifs is 1. The van der Waals surface area contributed by atoms with Crippen LogP contribution in [0.1, 0.15) is 36.8 Å². The minimum atomic E-state index is -0.761. The van der Waals surface area contributed by atoms with E-state index in [0.717, 1.165) is 11.1 Å². The highest BCUT2D eigenvalue weighted by molar-refractivity contribution is 6.06. The van der Waals surface area contributed by atoms with Crippen molar-refractivity contribution in [3.05, 3.63) is 65.6 Å². The number of halogens is 1. The van der Waals surface area contributed by atoms with Crippen LogP contribution >= 0.6 is 0 Å². The Morgan fingerprint density at radius 3 is 2.48 bits per heavy atom. The predicted molar refractivity (Wildman–Crippen MR) is 108 cm³/mol. The van der Waals surface area contributed by atoms with Gasteiger partial charge in [0.2, 0.25) is 0 Å². The van der Waals surface area contributed by atoms with E-state index in [1.807, 2.05) is 38.1 Å². The minimum absolute atomic E-state index is 0.134. The lowest BCUT2D eigenvalue weighted by atomic mass is 10.0. The summed E-state index contributed by atoms with van der Waals surface area (Å²) in [5, 5.41) is 7.92. The molecule has 29 heavy (non-hydrogen) atoms. The van der Waals surface area contributed by atoms with E-state index in [9.17, 15) is 14.0 Å². The number of nitrogens with one attached hydrogen (secondary N) is 1. The second kappa shape index (κ2) is 8.86. The van der Waals surface area contributed by atoms with Crippen LogP contribution in [-0.2, 0) is 16.1 Å². The first-order valence-corrected chi connectivity index (χ1v) is 9.58. The maximum absolute atomic E-state index is 13.2. The number of carbonyl (C=O) groups excluding carboxylic acids is 2. The van der Waals surface area contributed by atoms with Gasteiger partial charge < -0.3 is 10.1 Å². The number of carbonyl (C=O) groups is 2. The zero-order valence-corrected chi connectivity index (χ0v) is 16.7. The SMILES string of the molecule is CCOC(=O)C(NC(=O)c1nn(Cc2ccc(F)cc2)c2ccccc12)C(C)C. The molecule has 0 aliphatic carbocycles. The molecule has 1 heterocycles. The summed E-state index contributed by atoms with van der Waals surface area (Å²) in [7, 11) is 0. The fourth-order valence-corrected chi connectivity index (χ4v) is 3.12. The Morgan fingerprint density at radius 1 is 1.14 bits per heavy atom. The van der Waals surface area contributed by atoms with Crippen LogP contribution in [-0.4, -0.2) is 34.3 Å². The quantitative estimate of drug-likeness (QED) is 0.619. The van der Waals surface area contributed by atoms with E-state index in [2.05, 4.69) is 10.4 Å². The van der Waals surface area contributed by atoms with Crippen LogP contribution in [0.5, 0.6) is 0 Å². The highest BCUT2D eigenvalue weighted by Crippen LogP contribution is 2.20. The Bertz CT molecular complexity index is 1010. The largest absolute Gasteiger partial charge is 0.464 e. The molecule has 1 aromatic heterocycles. The fourth-order valence-electron chi connectivity index (χ4n) is 3.12. The van der Waals surface area contributed by atoms with Gasteiger partial charge in [-0.3, -0.25) is 9.48 Å². The van der Waals surface area contributed by atoms with Gasteiger partial charge in [0.15, 0.2) is 5.69 Å². The van der Waals surface area contributed by atoms with Crippen molar-refractivity contribution in [3.63, 3.8) is 0 Å². The Hall–Kier alpha value is -3.22. The van der Waals surface area contributed by atoms with Crippen molar-refractivity contribution in [2.24, 2.45) is 5.92 Å². The van der Waals surface area contributed by atoms with Gasteiger partial charge in [0.05, 0.1) is 18.7 Å². The number of nitrogens with zero attached hydrogens (tertiary/aromatic N) is 2. The third-order valence-corrected chi connectivity index (χ3v) is 4.61. The average molecular weight is 397 g/mol. The molecule has 3 aromatic rings. The highest BCUT2D eigenvalue weighted by Gasteiger charge is 2.28. The number of aromatic nitrogens is 2. The molecule has 6 nitrogen and oxygen atoms in total. The highest BCUT2D eigenvalue weighted by atomic mass is 19.1. The second-order valence-electron chi connectivity index (χ2n) is 7.10. The molecule has 1 N–H and O–H groups in total. The summed E-state index contributed by atoms with van der Waals surface area (Å²) < 4.78 is 20.0. The molecule has 1 atom stereocenters. The predicted octanol–water partition coefficient (Wildman–Crippen LogP) is 3.54. The third-order valence-electron chi connectivity index (χ3n) is 4.61. The molecule has 0 fully saturated rings. The summed E-state index contributed by atoms with van der Waals surface area (Å²) in [6.45, 7) is 6.04. The van der Waals surface area contributed by atoms with Crippen molar-refractivity contribution in [2.45, 2.75) is 33.4 Å². The van der Waals surface area contributed by atoms with Crippen LogP contribution in [0.2, 0.25) is 0 Å². The van der Waals surface area contributed by atoms with Crippen molar-refractivity contribution >= 4 is 22.8 Å². The molecular formula is C22H24FN3O3. The summed E-state index contributed by atoms with van der Waals surface area (Å²) in [6.07, 6.45) is 0. The van der Waals surface area contributed by atoms with Gasteiger partial charge in [0.25, 0.3) is 5.91 Å². The zero-order valence-electron chi connectivity index (χ0n) is 16.7. The van der Waals surface area contributed by atoms with E-state index in [0.29, 0.717) is 11.9 Å². The molecule has 0 aliphatic rings. The molecule has 0 saturated heterocycles. The topological polar surface area (TPSA) is 73.2 Å². The number of rotatable bonds is 7. The van der Waals surface area contributed by atoms with Gasteiger partial charge in [0.1, 0.15) is 11.9 Å². The molecule has 0 radical (unpaired) electrons. The third kappa shape index (κ3) is 4.62. The first-order chi connectivity index (χ1) is 13.9. The Morgan fingerprint density at radius 2 is 1.83 bits per heavy atom. The lowest BCUT2D eigenvalue weighted by molar-refractivity contribution is -0.146. The summed E-state index contributed by atoms with van der Waals surface area (Å²) >= 11 is 0. The lowest BCUT2D eigenvalue weighted by Crippen LogP contribution is -2.45. The van der Waals surface area contributed by atoms with Crippen LogP contribution in [0.4, 0.5) is 4.39 Å². The van der Waals surface area contributed by atoms with E-state index < -0.39 is 17.9 Å². The van der Waals surface area contributed by atoms with Crippen LogP contribution in [0.25, 0.3) is 10.9 Å². The average Bonchev–Trinajstić information content (AvgIpc) is 3.06. The van der Waals surface area contributed by atoms with E-state index in [1.165, 1.54) is 12.1 Å². The first kappa shape index (κ1) is 20.5. The Labute approximate surface area is 168 Å². The second-order valence-corrected chi connectivity index (χ2v) is 7.10. The molecule has 0 bridgehead atoms. The van der Waals surface area contributed by atoms with Gasteiger partial charge in [0, 0.05) is 5.39 Å². The minimum Gasteiger partial charge on any atom is -0.464 e. The van der Waals surface area contributed by atoms with Crippen molar-refractivity contribution in [1.82, 2.24) is 15.1 Å². The van der Waals surface area contributed by atoms with Gasteiger partial charge in [-0.05, 0) is 36.6 Å². The van der Waals surface area contributed by atoms with Gasteiger partial charge in [-0.2, -0.15) is 5.10 Å². The summed E-state index contributed by atoms with van der Waals surface area (Å²) in [6, 6.07) is 12.8. The van der Waals surface area contributed by atoms with Gasteiger partial charge in [-0.15, -0.1) is 0 Å². The van der Waals surface area contributed by atoms with Crippen molar-refractivity contribution in [2.75, 3.05) is 6.61 Å². The molecule has 7 heteroatoms. The van der Waals surface area contributed by atoms with Crippen molar-refractivity contribution in [3.8, 4) is 0 Å². The maximum Gasteiger partial charge on any atom is 0.328 e. The van der Waals surface area contributed by atoms with Crippen LogP contribution in [0, 0.1) is 11.7 Å². The Kier molecular flexibility index (Phi) is 6.26. The van der Waals surface area contributed by atoms with Gasteiger partial charge in [-0.1, -0.05) is 44.2 Å². The molecule has 3 rings (SSSR count). The number of hydrogen-bond acceptors (Lipinski definition) is 4. The normalized spacial score (nSPS) is 12.2. The molecule has 0 spiro atoms. The first-order valence-electron chi connectivity index (χ1n) is 9.58. The molecule has 2 aromatic carbocycles. The number of hydrogen-bond donors (Lipinski definition) is 1. The number of benzene rings is 2. The summed E-state index contributed by atoms with van der Waals surface area (Å²) in [5.41, 5.74) is 1.87. The maximum atomic E-state index is 13.2.